The number of ether oxygens (including phenoxy) is 6. The highest BCUT2D eigenvalue weighted by atomic mass is 16.7. The van der Waals surface area contributed by atoms with Crippen LogP contribution in [0.15, 0.2) is 18.2 Å². The molecule has 0 bridgehead atoms. The molecule has 4 rings (SSSR count). The molecule has 0 saturated heterocycles. The highest BCUT2D eigenvalue weighted by Gasteiger charge is 2.57. The topological polar surface area (TPSA) is 75.6 Å². The third-order valence-electron chi connectivity index (χ3n) is 9.51. The first-order chi connectivity index (χ1) is 18.6. The standard InChI is InChI=1S/C31H50O7/c1-31-12-11-27-26-8-7-25(38-22-33-2)21-24(26)20-23(30(27)28(31)9-10-29(31)34-3)6-4-5-14-35-16-18-37-19-17-36-15-13-32/h7-8,21,23,27-30,32H,4-6,9-20,22H2,1-3H3/t23-,27-,28+,29+,30-,31+/m1/s1. The molecule has 6 atom stereocenters. The molecule has 1 aromatic rings. The molecular weight excluding hydrogens is 484 g/mol. The predicted octanol–water partition coefficient (Wildman–Crippen LogP) is 4.98. The number of hydrogen-bond donors (Lipinski definition) is 1. The molecule has 38 heavy (non-hydrogen) atoms. The van der Waals surface area contributed by atoms with Crippen LogP contribution < -0.4 is 4.74 Å². The van der Waals surface area contributed by atoms with E-state index in [9.17, 15) is 0 Å². The Labute approximate surface area is 229 Å². The van der Waals surface area contributed by atoms with Crippen molar-refractivity contribution in [2.75, 3.05) is 67.3 Å². The molecule has 2 saturated carbocycles. The highest BCUT2D eigenvalue weighted by Crippen LogP contribution is 2.63. The zero-order chi connectivity index (χ0) is 26.8. The monoisotopic (exact) mass is 534 g/mol. The van der Waals surface area contributed by atoms with Gasteiger partial charge < -0.3 is 33.5 Å². The third kappa shape index (κ3) is 7.10. The number of rotatable bonds is 17. The van der Waals surface area contributed by atoms with Gasteiger partial charge >= 0.3 is 0 Å². The second kappa shape index (κ2) is 15.0. The van der Waals surface area contributed by atoms with E-state index in [1.165, 1.54) is 44.1 Å². The predicted molar refractivity (Wildman–Crippen MR) is 147 cm³/mol. The van der Waals surface area contributed by atoms with Gasteiger partial charge in [-0.15, -0.1) is 0 Å². The summed E-state index contributed by atoms with van der Waals surface area (Å²) in [7, 11) is 3.58. The van der Waals surface area contributed by atoms with Gasteiger partial charge in [0.2, 0.25) is 0 Å². The van der Waals surface area contributed by atoms with Crippen molar-refractivity contribution in [2.24, 2.45) is 23.2 Å². The molecule has 216 valence electrons. The smallest absolute Gasteiger partial charge is 0.188 e. The molecule has 0 amide bonds. The van der Waals surface area contributed by atoms with Gasteiger partial charge in [-0.2, -0.15) is 0 Å². The normalized spacial score (nSPS) is 30.1. The lowest BCUT2D eigenvalue weighted by Crippen LogP contribution is -2.47. The Bertz CT molecular complexity index is 832. The Morgan fingerprint density at radius 1 is 0.921 bits per heavy atom. The maximum atomic E-state index is 8.70. The zero-order valence-electron chi connectivity index (χ0n) is 23.8. The molecule has 0 aliphatic heterocycles. The van der Waals surface area contributed by atoms with E-state index in [2.05, 4.69) is 25.1 Å². The Morgan fingerprint density at radius 3 is 2.42 bits per heavy atom. The summed E-state index contributed by atoms with van der Waals surface area (Å²) in [5.74, 6) is 3.72. The average Bonchev–Trinajstić information content (AvgIpc) is 3.28. The molecule has 0 spiro atoms. The van der Waals surface area contributed by atoms with E-state index in [0.717, 1.165) is 37.0 Å². The molecule has 0 radical (unpaired) electrons. The Kier molecular flexibility index (Phi) is 11.7. The van der Waals surface area contributed by atoms with Crippen LogP contribution in [0.1, 0.15) is 68.9 Å². The van der Waals surface area contributed by atoms with Gasteiger partial charge in [-0.25, -0.2) is 0 Å². The summed E-state index contributed by atoms with van der Waals surface area (Å²) in [6.07, 6.45) is 10.1. The Balaban J connectivity index is 1.32. The first-order valence-electron chi connectivity index (χ1n) is 14.7. The summed E-state index contributed by atoms with van der Waals surface area (Å²) in [6, 6.07) is 6.75. The fraction of sp³-hybridized carbons (Fsp3) is 0.806. The summed E-state index contributed by atoms with van der Waals surface area (Å²) in [4.78, 5) is 0. The van der Waals surface area contributed by atoms with Crippen molar-refractivity contribution < 1.29 is 33.5 Å². The summed E-state index contributed by atoms with van der Waals surface area (Å²) in [6.45, 7) is 6.25. The minimum atomic E-state index is 0.0510. The number of aliphatic hydroxyl groups excluding tert-OH is 1. The molecule has 1 aromatic carbocycles. The second-order valence-corrected chi connectivity index (χ2v) is 11.6. The fourth-order valence-corrected chi connectivity index (χ4v) is 7.82. The van der Waals surface area contributed by atoms with Crippen molar-refractivity contribution in [2.45, 2.75) is 70.3 Å². The van der Waals surface area contributed by atoms with Crippen LogP contribution in [0, 0.1) is 23.2 Å². The molecule has 0 unspecified atom stereocenters. The highest BCUT2D eigenvalue weighted by molar-refractivity contribution is 5.41. The van der Waals surface area contributed by atoms with Crippen LogP contribution in [-0.2, 0) is 30.1 Å². The van der Waals surface area contributed by atoms with Crippen molar-refractivity contribution in [3.63, 3.8) is 0 Å². The molecule has 7 heteroatoms. The lowest BCUT2D eigenvalue weighted by molar-refractivity contribution is -0.0573. The SMILES string of the molecule is COCOc1ccc2c(c1)C[C@@H](CCCCOCCOCCOCCO)[C@@H]1[C@@H]2CC[C@]2(C)[C@@H](OC)CC[C@@H]12. The van der Waals surface area contributed by atoms with Gasteiger partial charge in [-0.05, 0) is 97.3 Å². The van der Waals surface area contributed by atoms with Crippen molar-refractivity contribution >= 4 is 0 Å². The molecule has 1 N–H and O–H groups in total. The Morgan fingerprint density at radius 2 is 1.68 bits per heavy atom. The lowest BCUT2D eigenvalue weighted by atomic mass is 9.52. The molecule has 3 aliphatic rings. The number of unbranched alkanes of at least 4 members (excludes halogenated alkanes) is 1. The summed E-state index contributed by atoms with van der Waals surface area (Å²) in [5, 5.41) is 8.70. The summed E-state index contributed by atoms with van der Waals surface area (Å²) >= 11 is 0. The van der Waals surface area contributed by atoms with E-state index in [1.54, 1.807) is 12.7 Å². The minimum Gasteiger partial charge on any atom is -0.468 e. The van der Waals surface area contributed by atoms with Gasteiger partial charge in [0, 0.05) is 20.8 Å². The van der Waals surface area contributed by atoms with Crippen molar-refractivity contribution in [3.05, 3.63) is 29.3 Å². The second-order valence-electron chi connectivity index (χ2n) is 11.6. The van der Waals surface area contributed by atoms with Crippen LogP contribution in [0.5, 0.6) is 5.75 Å². The van der Waals surface area contributed by atoms with Gasteiger partial charge in [-0.3, -0.25) is 0 Å². The Hall–Kier alpha value is -1.22. The van der Waals surface area contributed by atoms with Crippen LogP contribution in [-0.4, -0.2) is 78.5 Å². The fourth-order valence-electron chi connectivity index (χ4n) is 7.82. The van der Waals surface area contributed by atoms with E-state index >= 15 is 0 Å². The van der Waals surface area contributed by atoms with Crippen molar-refractivity contribution in [1.82, 2.24) is 0 Å². The molecule has 2 fully saturated rings. The minimum absolute atomic E-state index is 0.0510. The molecule has 0 aromatic heterocycles. The van der Waals surface area contributed by atoms with Gasteiger partial charge in [0.25, 0.3) is 0 Å². The summed E-state index contributed by atoms with van der Waals surface area (Å²) < 4.78 is 33.5. The van der Waals surface area contributed by atoms with Crippen LogP contribution in [0.4, 0.5) is 0 Å². The van der Waals surface area contributed by atoms with Gasteiger partial charge in [0.1, 0.15) is 5.75 Å². The van der Waals surface area contributed by atoms with Crippen LogP contribution in [0.3, 0.4) is 0 Å². The van der Waals surface area contributed by atoms with E-state index in [1.807, 2.05) is 7.11 Å². The van der Waals surface area contributed by atoms with Gasteiger partial charge in [-0.1, -0.05) is 19.4 Å². The van der Waals surface area contributed by atoms with Gasteiger partial charge in [0.05, 0.1) is 45.7 Å². The average molecular weight is 535 g/mol. The van der Waals surface area contributed by atoms with Gasteiger partial charge in [0.15, 0.2) is 6.79 Å². The molecule has 7 nitrogen and oxygen atoms in total. The number of hydrogen-bond acceptors (Lipinski definition) is 7. The van der Waals surface area contributed by atoms with Crippen LogP contribution in [0.2, 0.25) is 0 Å². The number of aliphatic hydroxyl groups is 1. The van der Waals surface area contributed by atoms with E-state index < -0.39 is 0 Å². The van der Waals surface area contributed by atoms with Crippen LogP contribution in [0.25, 0.3) is 0 Å². The quantitative estimate of drug-likeness (QED) is 0.223. The zero-order valence-corrected chi connectivity index (χ0v) is 23.8. The first-order valence-corrected chi connectivity index (χ1v) is 14.7. The van der Waals surface area contributed by atoms with E-state index in [4.69, 9.17) is 33.5 Å². The largest absolute Gasteiger partial charge is 0.468 e. The maximum Gasteiger partial charge on any atom is 0.188 e. The molecule has 0 heterocycles. The third-order valence-corrected chi connectivity index (χ3v) is 9.51. The van der Waals surface area contributed by atoms with Crippen molar-refractivity contribution in [1.29, 1.82) is 0 Å². The summed E-state index contributed by atoms with van der Waals surface area (Å²) in [5.41, 5.74) is 3.34. The molecule has 3 aliphatic carbocycles. The van der Waals surface area contributed by atoms with Crippen LogP contribution >= 0.6 is 0 Å². The molecular formula is C31H50O7. The van der Waals surface area contributed by atoms with E-state index in [-0.39, 0.29) is 13.4 Å². The maximum absolute atomic E-state index is 8.70. The first kappa shape index (κ1) is 29.8. The number of fused-ring (bicyclic) bond motifs is 5. The van der Waals surface area contributed by atoms with Crippen molar-refractivity contribution in [3.8, 4) is 5.75 Å². The van der Waals surface area contributed by atoms with E-state index in [0.29, 0.717) is 56.4 Å². The number of methoxy groups -OCH3 is 2. The number of benzene rings is 1. The lowest BCUT2D eigenvalue weighted by Gasteiger charge is -2.53.